The molecule has 98 valence electrons. The fraction of sp³-hybridized carbons (Fsp3) is 0.533. The highest BCUT2D eigenvalue weighted by atomic mass is 127. The smallest absolute Gasteiger partial charge is 0.162 e. The SMILES string of the molecule is O=C(CCC1CCCCC1)c1ccc(I)c(Cl)c1. The van der Waals surface area contributed by atoms with Gasteiger partial charge in [0.1, 0.15) is 0 Å². The highest BCUT2D eigenvalue weighted by Gasteiger charge is 2.15. The van der Waals surface area contributed by atoms with Crippen LogP contribution in [-0.2, 0) is 0 Å². The van der Waals surface area contributed by atoms with Crippen LogP contribution >= 0.6 is 34.2 Å². The van der Waals surface area contributed by atoms with Crippen LogP contribution in [0.5, 0.6) is 0 Å². The minimum absolute atomic E-state index is 0.235. The predicted octanol–water partition coefficient (Wildman–Crippen LogP) is 5.49. The van der Waals surface area contributed by atoms with Gasteiger partial charge in [0.2, 0.25) is 0 Å². The van der Waals surface area contributed by atoms with E-state index in [9.17, 15) is 4.79 Å². The number of carbonyl (C=O) groups excluding carboxylic acids is 1. The van der Waals surface area contributed by atoms with Gasteiger partial charge >= 0.3 is 0 Å². The van der Waals surface area contributed by atoms with Crippen molar-refractivity contribution >= 4 is 40.0 Å². The van der Waals surface area contributed by atoms with Gasteiger partial charge in [-0.25, -0.2) is 0 Å². The minimum atomic E-state index is 0.235. The van der Waals surface area contributed by atoms with Crippen LogP contribution in [0.3, 0.4) is 0 Å². The van der Waals surface area contributed by atoms with Crippen LogP contribution in [0.2, 0.25) is 5.02 Å². The van der Waals surface area contributed by atoms with E-state index >= 15 is 0 Å². The Morgan fingerprint density at radius 1 is 1.28 bits per heavy atom. The van der Waals surface area contributed by atoms with Crippen molar-refractivity contribution in [3.05, 3.63) is 32.4 Å². The first-order valence-electron chi connectivity index (χ1n) is 6.65. The molecule has 3 heteroatoms. The molecule has 0 saturated heterocycles. The highest BCUT2D eigenvalue weighted by molar-refractivity contribution is 14.1. The molecule has 0 spiro atoms. The Hall–Kier alpha value is -0.0900. The molecule has 0 unspecified atom stereocenters. The number of ketones is 1. The minimum Gasteiger partial charge on any atom is -0.294 e. The molecule has 0 bridgehead atoms. The summed E-state index contributed by atoms with van der Waals surface area (Å²) >= 11 is 8.22. The third-order valence-electron chi connectivity index (χ3n) is 3.75. The number of hydrogen-bond acceptors (Lipinski definition) is 1. The van der Waals surface area contributed by atoms with Crippen molar-refractivity contribution in [3.63, 3.8) is 0 Å². The van der Waals surface area contributed by atoms with Crippen LogP contribution in [0.15, 0.2) is 18.2 Å². The lowest BCUT2D eigenvalue weighted by atomic mass is 9.85. The van der Waals surface area contributed by atoms with E-state index in [4.69, 9.17) is 11.6 Å². The maximum atomic E-state index is 12.1. The van der Waals surface area contributed by atoms with Crippen LogP contribution in [0.1, 0.15) is 55.3 Å². The maximum absolute atomic E-state index is 12.1. The van der Waals surface area contributed by atoms with Crippen LogP contribution in [-0.4, -0.2) is 5.78 Å². The van der Waals surface area contributed by atoms with Crippen molar-refractivity contribution < 1.29 is 4.79 Å². The fourth-order valence-electron chi connectivity index (χ4n) is 2.62. The van der Waals surface area contributed by atoms with E-state index in [-0.39, 0.29) is 5.78 Å². The van der Waals surface area contributed by atoms with E-state index in [2.05, 4.69) is 22.6 Å². The lowest BCUT2D eigenvalue weighted by Crippen LogP contribution is -2.09. The third kappa shape index (κ3) is 3.95. The molecule has 1 aliphatic rings. The first-order valence-corrected chi connectivity index (χ1v) is 8.11. The molecular weight excluding hydrogens is 359 g/mol. The van der Waals surface area contributed by atoms with Gasteiger partial charge in [-0.2, -0.15) is 0 Å². The molecule has 0 atom stereocenters. The summed E-state index contributed by atoms with van der Waals surface area (Å²) in [6.07, 6.45) is 8.38. The summed E-state index contributed by atoms with van der Waals surface area (Å²) in [4.78, 5) is 12.1. The van der Waals surface area contributed by atoms with E-state index in [1.54, 1.807) is 6.07 Å². The van der Waals surface area contributed by atoms with Crippen LogP contribution < -0.4 is 0 Å². The monoisotopic (exact) mass is 376 g/mol. The molecule has 0 amide bonds. The Labute approximate surface area is 127 Å². The number of Topliss-reactive ketones (excluding diaryl/α,β-unsaturated/α-hetero) is 1. The summed E-state index contributed by atoms with van der Waals surface area (Å²) in [5, 5.41) is 0.680. The Balaban J connectivity index is 1.88. The number of rotatable bonds is 4. The average molecular weight is 377 g/mol. The van der Waals surface area contributed by atoms with Gasteiger partial charge in [-0.15, -0.1) is 0 Å². The molecule has 1 saturated carbocycles. The van der Waals surface area contributed by atoms with Gasteiger partial charge in [0.05, 0.1) is 5.02 Å². The van der Waals surface area contributed by atoms with E-state index in [1.807, 2.05) is 12.1 Å². The molecule has 1 aromatic carbocycles. The fourth-order valence-corrected chi connectivity index (χ4v) is 3.14. The Kier molecular flexibility index (Phi) is 5.49. The molecule has 1 aliphatic carbocycles. The molecule has 0 heterocycles. The lowest BCUT2D eigenvalue weighted by molar-refractivity contribution is 0.0970. The number of carbonyl (C=O) groups is 1. The van der Waals surface area contributed by atoms with Gasteiger partial charge in [-0.05, 0) is 47.1 Å². The number of hydrogen-bond donors (Lipinski definition) is 0. The second-order valence-electron chi connectivity index (χ2n) is 5.09. The van der Waals surface area contributed by atoms with Crippen molar-refractivity contribution in [1.82, 2.24) is 0 Å². The second-order valence-corrected chi connectivity index (χ2v) is 6.66. The van der Waals surface area contributed by atoms with E-state index in [1.165, 1.54) is 32.1 Å². The normalized spacial score (nSPS) is 16.8. The van der Waals surface area contributed by atoms with Crippen molar-refractivity contribution in [2.24, 2.45) is 5.92 Å². The molecular formula is C15H18ClIO. The van der Waals surface area contributed by atoms with E-state index in [0.717, 1.165) is 21.5 Å². The molecule has 18 heavy (non-hydrogen) atoms. The number of halogens is 2. The van der Waals surface area contributed by atoms with Gasteiger partial charge in [-0.3, -0.25) is 4.79 Å². The lowest BCUT2D eigenvalue weighted by Gasteiger charge is -2.20. The van der Waals surface area contributed by atoms with Gasteiger partial charge in [0.25, 0.3) is 0 Å². The molecule has 0 aromatic heterocycles. The zero-order valence-corrected chi connectivity index (χ0v) is 13.3. The first kappa shape index (κ1) is 14.3. The third-order valence-corrected chi connectivity index (χ3v) is 5.32. The molecule has 0 aliphatic heterocycles. The van der Waals surface area contributed by atoms with Crippen LogP contribution in [0, 0.1) is 9.49 Å². The summed E-state index contributed by atoms with van der Waals surface area (Å²) in [7, 11) is 0. The molecule has 0 radical (unpaired) electrons. The van der Waals surface area contributed by atoms with Crippen molar-refractivity contribution in [2.75, 3.05) is 0 Å². The van der Waals surface area contributed by atoms with E-state index in [0.29, 0.717) is 11.4 Å². The van der Waals surface area contributed by atoms with Crippen LogP contribution in [0.4, 0.5) is 0 Å². The van der Waals surface area contributed by atoms with Crippen molar-refractivity contribution in [2.45, 2.75) is 44.9 Å². The number of benzene rings is 1. The zero-order valence-electron chi connectivity index (χ0n) is 10.4. The predicted molar refractivity (Wildman–Crippen MR) is 84.3 cm³/mol. The Bertz CT molecular complexity index is 425. The average Bonchev–Trinajstić information content (AvgIpc) is 2.40. The van der Waals surface area contributed by atoms with Gasteiger partial charge in [-0.1, -0.05) is 49.8 Å². The molecule has 1 fully saturated rings. The van der Waals surface area contributed by atoms with Crippen LogP contribution in [0.25, 0.3) is 0 Å². The van der Waals surface area contributed by atoms with Gasteiger partial charge < -0.3 is 0 Å². The van der Waals surface area contributed by atoms with Gasteiger partial charge in [0, 0.05) is 15.6 Å². The second kappa shape index (κ2) is 6.90. The van der Waals surface area contributed by atoms with Crippen molar-refractivity contribution in [3.8, 4) is 0 Å². The summed E-state index contributed by atoms with van der Waals surface area (Å²) in [5.41, 5.74) is 0.760. The van der Waals surface area contributed by atoms with Gasteiger partial charge in [0.15, 0.2) is 5.78 Å². The molecule has 2 rings (SSSR count). The maximum Gasteiger partial charge on any atom is 0.162 e. The quantitative estimate of drug-likeness (QED) is 0.502. The molecule has 1 nitrogen and oxygen atoms in total. The summed E-state index contributed by atoms with van der Waals surface area (Å²) in [6.45, 7) is 0. The topological polar surface area (TPSA) is 17.1 Å². The Morgan fingerprint density at radius 2 is 2.00 bits per heavy atom. The zero-order chi connectivity index (χ0) is 13.0. The first-order chi connectivity index (χ1) is 8.66. The molecule has 1 aromatic rings. The highest BCUT2D eigenvalue weighted by Crippen LogP contribution is 2.28. The largest absolute Gasteiger partial charge is 0.294 e. The summed E-state index contributed by atoms with van der Waals surface area (Å²) < 4.78 is 0.998. The Morgan fingerprint density at radius 3 is 2.67 bits per heavy atom. The van der Waals surface area contributed by atoms with E-state index < -0.39 is 0 Å². The van der Waals surface area contributed by atoms with Crippen molar-refractivity contribution in [1.29, 1.82) is 0 Å². The standard InChI is InChI=1S/C15H18ClIO/c16-13-10-12(7-8-14(13)17)15(18)9-6-11-4-2-1-3-5-11/h7-8,10-11H,1-6,9H2. The summed E-state index contributed by atoms with van der Waals surface area (Å²) in [5.74, 6) is 1.00. The summed E-state index contributed by atoms with van der Waals surface area (Å²) in [6, 6.07) is 5.60. The molecule has 0 N–H and O–H groups in total.